The van der Waals surface area contributed by atoms with Crippen LogP contribution in [0.4, 0.5) is 4.39 Å². The third kappa shape index (κ3) is 1.50. The highest BCUT2D eigenvalue weighted by atomic mass is 79.9. The van der Waals surface area contributed by atoms with Gasteiger partial charge in [-0.05, 0) is 28.1 Å². The zero-order valence-corrected chi connectivity index (χ0v) is 9.85. The molecule has 0 amide bonds. The number of benzene rings is 1. The molecule has 2 rings (SSSR count). The fourth-order valence-corrected chi connectivity index (χ4v) is 1.85. The lowest BCUT2D eigenvalue weighted by atomic mass is 10.2. The van der Waals surface area contributed by atoms with Gasteiger partial charge in [-0.1, -0.05) is 15.9 Å². The highest BCUT2D eigenvalue weighted by Crippen LogP contribution is 2.22. The van der Waals surface area contributed by atoms with Gasteiger partial charge in [-0.15, -0.1) is 0 Å². The summed E-state index contributed by atoms with van der Waals surface area (Å²) in [6.45, 7) is 0. The number of hydrogen-bond acceptors (Lipinski definition) is 2. The van der Waals surface area contributed by atoms with E-state index in [-0.39, 0.29) is 15.4 Å². The van der Waals surface area contributed by atoms with Crippen molar-refractivity contribution in [2.24, 2.45) is 0 Å². The van der Waals surface area contributed by atoms with E-state index < -0.39 is 11.2 Å². The van der Waals surface area contributed by atoms with E-state index >= 15 is 0 Å². The Hall–Kier alpha value is -0.680. The van der Waals surface area contributed by atoms with Gasteiger partial charge in [0.05, 0.1) is 0 Å². The van der Waals surface area contributed by atoms with Gasteiger partial charge in [0.1, 0.15) is 27.5 Å². The van der Waals surface area contributed by atoms with Crippen molar-refractivity contribution < 1.29 is 8.81 Å². The molecule has 0 atom stereocenters. The molecule has 0 aliphatic carbocycles. The van der Waals surface area contributed by atoms with Crippen molar-refractivity contribution in [1.29, 1.82) is 0 Å². The first-order valence-corrected chi connectivity index (χ1v) is 5.24. The molecule has 72 valence electrons. The van der Waals surface area contributed by atoms with Crippen LogP contribution in [0.3, 0.4) is 0 Å². The van der Waals surface area contributed by atoms with E-state index in [1.54, 1.807) is 6.07 Å². The number of rotatable bonds is 0. The molecular formula is C9H3Br2FO2. The SMILES string of the molecule is O=c1c(Br)coc2cc(Br)cc(F)c12. The summed E-state index contributed by atoms with van der Waals surface area (Å²) in [5, 5.41) is -0.0393. The van der Waals surface area contributed by atoms with Crippen LogP contribution in [0, 0.1) is 5.82 Å². The molecule has 1 aromatic heterocycles. The summed E-state index contributed by atoms with van der Waals surface area (Å²) in [5.74, 6) is -0.593. The van der Waals surface area contributed by atoms with Crippen LogP contribution in [0.2, 0.25) is 0 Å². The quantitative estimate of drug-likeness (QED) is 0.744. The Morgan fingerprint density at radius 1 is 1.29 bits per heavy atom. The van der Waals surface area contributed by atoms with E-state index in [1.165, 1.54) is 12.3 Å². The topological polar surface area (TPSA) is 30.2 Å². The summed E-state index contributed by atoms with van der Waals surface area (Å²) in [6.07, 6.45) is 1.25. The zero-order chi connectivity index (χ0) is 10.3. The molecule has 5 heteroatoms. The molecule has 0 bridgehead atoms. The van der Waals surface area contributed by atoms with Gasteiger partial charge in [0.25, 0.3) is 0 Å². The number of hydrogen-bond donors (Lipinski definition) is 0. The van der Waals surface area contributed by atoms with E-state index in [0.29, 0.717) is 4.47 Å². The second kappa shape index (κ2) is 3.47. The van der Waals surface area contributed by atoms with Gasteiger partial charge >= 0.3 is 0 Å². The molecule has 0 N–H and O–H groups in total. The fourth-order valence-electron chi connectivity index (χ4n) is 1.15. The first-order chi connectivity index (χ1) is 6.59. The highest BCUT2D eigenvalue weighted by Gasteiger charge is 2.10. The molecule has 0 fully saturated rings. The minimum Gasteiger partial charge on any atom is -0.463 e. The van der Waals surface area contributed by atoms with Gasteiger partial charge in [-0.2, -0.15) is 0 Å². The van der Waals surface area contributed by atoms with E-state index in [9.17, 15) is 9.18 Å². The monoisotopic (exact) mass is 320 g/mol. The molecule has 0 radical (unpaired) electrons. The van der Waals surface area contributed by atoms with E-state index in [0.717, 1.165) is 0 Å². The molecule has 0 unspecified atom stereocenters. The van der Waals surface area contributed by atoms with Crippen molar-refractivity contribution in [3.05, 3.63) is 43.4 Å². The lowest BCUT2D eigenvalue weighted by Crippen LogP contribution is -2.03. The van der Waals surface area contributed by atoms with Crippen LogP contribution in [-0.4, -0.2) is 0 Å². The normalized spacial score (nSPS) is 10.8. The van der Waals surface area contributed by atoms with Crippen LogP contribution < -0.4 is 5.43 Å². The van der Waals surface area contributed by atoms with Crippen LogP contribution in [0.1, 0.15) is 0 Å². The van der Waals surface area contributed by atoms with Gasteiger partial charge in [0.2, 0.25) is 5.43 Å². The maximum atomic E-state index is 13.4. The summed E-state index contributed by atoms with van der Waals surface area (Å²) in [5.41, 5.74) is -0.179. The molecule has 0 spiro atoms. The van der Waals surface area contributed by atoms with E-state index in [1.807, 2.05) is 0 Å². The van der Waals surface area contributed by atoms with Gasteiger partial charge < -0.3 is 4.42 Å². The van der Waals surface area contributed by atoms with E-state index in [2.05, 4.69) is 31.9 Å². The minimum atomic E-state index is -0.593. The highest BCUT2D eigenvalue weighted by molar-refractivity contribution is 9.10. The lowest BCUT2D eigenvalue weighted by molar-refractivity contribution is 0.588. The standard InChI is InChI=1S/C9H3Br2FO2/c10-4-1-6(12)8-7(2-4)14-3-5(11)9(8)13/h1-3H. The second-order valence-electron chi connectivity index (χ2n) is 2.67. The Labute approximate surface area is 95.0 Å². The Morgan fingerprint density at radius 3 is 2.71 bits per heavy atom. The van der Waals surface area contributed by atoms with Crippen LogP contribution in [0.25, 0.3) is 11.0 Å². The summed E-state index contributed by atoms with van der Waals surface area (Å²) in [7, 11) is 0. The molecule has 0 aliphatic heterocycles. The Balaban J connectivity index is 3.03. The van der Waals surface area contributed by atoms with Crippen molar-refractivity contribution in [2.45, 2.75) is 0 Å². The van der Waals surface area contributed by atoms with Crippen LogP contribution in [0.15, 0.2) is 36.6 Å². The number of fused-ring (bicyclic) bond motifs is 1. The van der Waals surface area contributed by atoms with Crippen molar-refractivity contribution in [2.75, 3.05) is 0 Å². The predicted octanol–water partition coefficient (Wildman–Crippen LogP) is 3.46. The zero-order valence-electron chi connectivity index (χ0n) is 6.68. The van der Waals surface area contributed by atoms with Crippen molar-refractivity contribution >= 4 is 42.8 Å². The Bertz CT molecular complexity index is 562. The summed E-state index contributed by atoms with van der Waals surface area (Å²) < 4.78 is 19.2. The van der Waals surface area contributed by atoms with Gasteiger partial charge in [-0.3, -0.25) is 4.79 Å². The molecule has 0 aliphatic rings. The molecule has 2 aromatic rings. The van der Waals surface area contributed by atoms with Crippen LogP contribution >= 0.6 is 31.9 Å². The second-order valence-corrected chi connectivity index (χ2v) is 4.44. The Morgan fingerprint density at radius 2 is 2.00 bits per heavy atom. The maximum Gasteiger partial charge on any atom is 0.209 e. The molecule has 0 saturated carbocycles. The summed E-state index contributed by atoms with van der Waals surface area (Å²) in [4.78, 5) is 11.5. The largest absolute Gasteiger partial charge is 0.463 e. The third-order valence-corrected chi connectivity index (χ3v) is 2.76. The van der Waals surface area contributed by atoms with Gasteiger partial charge in [0, 0.05) is 4.47 Å². The number of halogens is 3. The average Bonchev–Trinajstić information content (AvgIpc) is 2.10. The van der Waals surface area contributed by atoms with Crippen molar-refractivity contribution in [1.82, 2.24) is 0 Å². The Kier molecular flexibility index (Phi) is 2.45. The smallest absolute Gasteiger partial charge is 0.209 e. The first kappa shape index (κ1) is 9.86. The molecular weight excluding hydrogens is 319 g/mol. The third-order valence-electron chi connectivity index (χ3n) is 1.75. The van der Waals surface area contributed by atoms with E-state index in [4.69, 9.17) is 4.42 Å². The summed E-state index contributed by atoms with van der Waals surface area (Å²) in [6, 6.07) is 2.78. The first-order valence-electron chi connectivity index (χ1n) is 3.65. The molecule has 14 heavy (non-hydrogen) atoms. The summed E-state index contributed by atoms with van der Waals surface area (Å²) >= 11 is 6.10. The fraction of sp³-hybridized carbons (Fsp3) is 0. The maximum absolute atomic E-state index is 13.4. The van der Waals surface area contributed by atoms with Gasteiger partial charge in [0.15, 0.2) is 0 Å². The van der Waals surface area contributed by atoms with Gasteiger partial charge in [-0.25, -0.2) is 4.39 Å². The minimum absolute atomic E-state index is 0.0393. The predicted molar refractivity (Wildman–Crippen MR) is 57.8 cm³/mol. The van der Waals surface area contributed by atoms with Crippen LogP contribution in [-0.2, 0) is 0 Å². The lowest BCUT2D eigenvalue weighted by Gasteiger charge is -1.99. The molecule has 1 aromatic carbocycles. The molecule has 2 nitrogen and oxygen atoms in total. The van der Waals surface area contributed by atoms with Crippen molar-refractivity contribution in [3.8, 4) is 0 Å². The molecule has 1 heterocycles. The molecule has 0 saturated heterocycles. The average molecular weight is 322 g/mol. The van der Waals surface area contributed by atoms with Crippen LogP contribution in [0.5, 0.6) is 0 Å². The van der Waals surface area contributed by atoms with Crippen molar-refractivity contribution in [3.63, 3.8) is 0 Å².